The maximum Gasteiger partial charge on any atom is 0.182 e. The van der Waals surface area contributed by atoms with Crippen LogP contribution in [-0.2, 0) is 6.54 Å². The van der Waals surface area contributed by atoms with Gasteiger partial charge in [0.2, 0.25) is 0 Å². The van der Waals surface area contributed by atoms with E-state index in [1.807, 2.05) is 0 Å². The molecule has 0 aliphatic carbocycles. The zero-order valence-corrected chi connectivity index (χ0v) is 7.73. The van der Waals surface area contributed by atoms with Gasteiger partial charge in [0, 0.05) is 0 Å². The summed E-state index contributed by atoms with van der Waals surface area (Å²) in [5.41, 5.74) is 1.40. The molecule has 0 spiro atoms. The normalized spacial score (nSPS) is 13.3. The third-order valence-corrected chi connectivity index (χ3v) is 1.92. The van der Waals surface area contributed by atoms with E-state index in [1.54, 1.807) is 11.5 Å². The summed E-state index contributed by atoms with van der Waals surface area (Å²) in [6.07, 6.45) is 2.52. The van der Waals surface area contributed by atoms with E-state index in [0.717, 1.165) is 0 Å². The second-order valence-corrected chi connectivity index (χ2v) is 3.20. The monoisotopic (exact) mass is 193 g/mol. The van der Waals surface area contributed by atoms with Crippen LogP contribution in [0.25, 0.3) is 11.2 Å². The first-order chi connectivity index (χ1) is 6.68. The maximum atomic E-state index is 9.20. The van der Waals surface area contributed by atoms with Crippen LogP contribution >= 0.6 is 0 Å². The van der Waals surface area contributed by atoms with Crippen molar-refractivity contribution in [2.75, 3.05) is 0 Å². The van der Waals surface area contributed by atoms with Gasteiger partial charge in [0.1, 0.15) is 5.52 Å². The number of aromatic amines is 1. The van der Waals surface area contributed by atoms with E-state index in [1.165, 1.54) is 12.7 Å². The van der Waals surface area contributed by atoms with Gasteiger partial charge >= 0.3 is 0 Å². The Morgan fingerprint density at radius 2 is 2.43 bits per heavy atom. The summed E-state index contributed by atoms with van der Waals surface area (Å²) in [4.78, 5) is 10.8. The molecule has 0 aliphatic rings. The lowest BCUT2D eigenvalue weighted by molar-refractivity contribution is 0.171. The third kappa shape index (κ3) is 1.39. The Labute approximate surface area is 79.8 Å². The van der Waals surface area contributed by atoms with Crippen LogP contribution in [0.3, 0.4) is 0 Å². The zero-order valence-electron chi connectivity index (χ0n) is 7.73. The van der Waals surface area contributed by atoms with Crippen molar-refractivity contribution >= 4 is 11.2 Å². The van der Waals surface area contributed by atoms with Gasteiger partial charge in [-0.25, -0.2) is 9.97 Å². The van der Waals surface area contributed by atoms with Crippen LogP contribution in [0.5, 0.6) is 0 Å². The molecule has 2 heterocycles. The molecule has 2 aromatic rings. The Morgan fingerprint density at radius 3 is 3.14 bits per heavy atom. The van der Waals surface area contributed by atoms with E-state index in [-0.39, 0.29) is 5.49 Å². The minimum atomic E-state index is -0.494. The highest BCUT2D eigenvalue weighted by molar-refractivity contribution is 5.67. The molecule has 14 heavy (non-hydrogen) atoms. The lowest BCUT2D eigenvalue weighted by Gasteiger charge is -2.07. The molecule has 6 nitrogen and oxygen atoms in total. The predicted octanol–water partition coefficient (Wildman–Crippen LogP) is -0.380. The topological polar surface area (TPSA) is 90.6 Å². The fourth-order valence-electron chi connectivity index (χ4n) is 1.31. The summed E-state index contributed by atoms with van der Waals surface area (Å²) in [5, 5.41) is 17.0. The highest BCUT2D eigenvalue weighted by Crippen LogP contribution is 1.98. The van der Waals surface area contributed by atoms with E-state index < -0.39 is 6.10 Å². The molecule has 0 bridgehead atoms. The van der Waals surface area contributed by atoms with Crippen LogP contribution in [0, 0.1) is 5.41 Å². The SMILES string of the molecule is CC(O)Cn1cnc2nc[nH]c2c1=N. The molecule has 0 aliphatic heterocycles. The average molecular weight is 193 g/mol. The van der Waals surface area contributed by atoms with Crippen molar-refractivity contribution in [2.45, 2.75) is 19.6 Å². The minimum absolute atomic E-state index is 0.286. The van der Waals surface area contributed by atoms with Crippen LogP contribution < -0.4 is 5.49 Å². The summed E-state index contributed by atoms with van der Waals surface area (Å²) in [6.45, 7) is 2.03. The summed E-state index contributed by atoms with van der Waals surface area (Å²) in [6, 6.07) is 0. The van der Waals surface area contributed by atoms with Gasteiger partial charge in [0.15, 0.2) is 11.1 Å². The summed E-state index contributed by atoms with van der Waals surface area (Å²) >= 11 is 0. The Balaban J connectivity index is 2.57. The fraction of sp³-hybridized carbons (Fsp3) is 0.375. The highest BCUT2D eigenvalue weighted by Gasteiger charge is 2.04. The molecule has 3 N–H and O–H groups in total. The molecule has 1 unspecified atom stereocenters. The molecule has 0 saturated carbocycles. The molecule has 0 fully saturated rings. The van der Waals surface area contributed by atoms with Crippen molar-refractivity contribution in [2.24, 2.45) is 0 Å². The van der Waals surface area contributed by atoms with Gasteiger partial charge in [-0.05, 0) is 6.92 Å². The fourth-order valence-corrected chi connectivity index (χ4v) is 1.31. The molecular weight excluding hydrogens is 182 g/mol. The maximum absolute atomic E-state index is 9.20. The zero-order chi connectivity index (χ0) is 10.1. The first-order valence-electron chi connectivity index (χ1n) is 4.29. The predicted molar refractivity (Wildman–Crippen MR) is 49.4 cm³/mol. The number of hydrogen-bond donors (Lipinski definition) is 3. The molecule has 2 aromatic heterocycles. The lowest BCUT2D eigenvalue weighted by atomic mass is 10.4. The standard InChI is InChI=1S/C8H11N5O/c1-5(14)2-13-4-12-8-6(7(13)9)10-3-11-8/h3-5,9,14H,2H2,1H3,(H,10,11). The quantitative estimate of drug-likeness (QED) is 0.607. The molecular formula is C8H11N5O. The van der Waals surface area contributed by atoms with E-state index in [9.17, 15) is 5.11 Å². The summed E-state index contributed by atoms with van der Waals surface area (Å²) in [7, 11) is 0. The van der Waals surface area contributed by atoms with E-state index in [0.29, 0.717) is 17.7 Å². The van der Waals surface area contributed by atoms with Gasteiger partial charge in [-0.1, -0.05) is 0 Å². The van der Waals surface area contributed by atoms with E-state index in [4.69, 9.17) is 5.41 Å². The van der Waals surface area contributed by atoms with Gasteiger partial charge in [0.25, 0.3) is 0 Å². The van der Waals surface area contributed by atoms with Crippen molar-refractivity contribution < 1.29 is 5.11 Å². The molecule has 1 atom stereocenters. The van der Waals surface area contributed by atoms with Crippen molar-refractivity contribution in [3.05, 3.63) is 18.1 Å². The van der Waals surface area contributed by atoms with Gasteiger partial charge in [-0.15, -0.1) is 0 Å². The molecule has 2 rings (SSSR count). The Bertz CT molecular complexity index is 498. The lowest BCUT2D eigenvalue weighted by Crippen LogP contribution is -2.25. The Kier molecular flexibility index (Phi) is 2.05. The number of aromatic nitrogens is 4. The van der Waals surface area contributed by atoms with Crippen molar-refractivity contribution in [1.29, 1.82) is 5.41 Å². The molecule has 0 aromatic carbocycles. The van der Waals surface area contributed by atoms with Crippen molar-refractivity contribution in [3.63, 3.8) is 0 Å². The molecule has 0 saturated heterocycles. The third-order valence-electron chi connectivity index (χ3n) is 1.92. The molecule has 0 amide bonds. The van der Waals surface area contributed by atoms with Gasteiger partial charge < -0.3 is 14.7 Å². The second kappa shape index (κ2) is 3.22. The number of H-pyrrole nitrogens is 1. The van der Waals surface area contributed by atoms with E-state index in [2.05, 4.69) is 15.0 Å². The number of nitrogens with one attached hydrogen (secondary N) is 2. The number of fused-ring (bicyclic) bond motifs is 1. The van der Waals surface area contributed by atoms with Gasteiger partial charge in [-0.2, -0.15) is 0 Å². The highest BCUT2D eigenvalue weighted by atomic mass is 16.3. The molecule has 0 radical (unpaired) electrons. The van der Waals surface area contributed by atoms with Crippen LogP contribution in [0.15, 0.2) is 12.7 Å². The number of aliphatic hydroxyl groups is 1. The largest absolute Gasteiger partial charge is 0.392 e. The number of aliphatic hydroxyl groups excluding tert-OH is 1. The summed E-state index contributed by atoms with van der Waals surface area (Å²) < 4.78 is 1.57. The second-order valence-electron chi connectivity index (χ2n) is 3.20. The average Bonchev–Trinajstić information content (AvgIpc) is 2.57. The number of nitrogens with zero attached hydrogens (tertiary/aromatic N) is 3. The molecule has 74 valence electrons. The molecule has 6 heteroatoms. The minimum Gasteiger partial charge on any atom is -0.392 e. The Morgan fingerprint density at radius 1 is 1.64 bits per heavy atom. The number of hydrogen-bond acceptors (Lipinski definition) is 4. The smallest absolute Gasteiger partial charge is 0.182 e. The van der Waals surface area contributed by atoms with E-state index >= 15 is 0 Å². The van der Waals surface area contributed by atoms with Crippen LogP contribution in [-0.4, -0.2) is 30.7 Å². The first kappa shape index (κ1) is 8.89. The van der Waals surface area contributed by atoms with Gasteiger partial charge in [0.05, 0.1) is 25.3 Å². The van der Waals surface area contributed by atoms with Crippen LogP contribution in [0.4, 0.5) is 0 Å². The van der Waals surface area contributed by atoms with Gasteiger partial charge in [-0.3, -0.25) is 5.41 Å². The summed E-state index contributed by atoms with van der Waals surface area (Å²) in [5.74, 6) is 0. The first-order valence-corrected chi connectivity index (χ1v) is 4.29. The van der Waals surface area contributed by atoms with Crippen molar-refractivity contribution in [1.82, 2.24) is 19.5 Å². The number of imidazole rings is 1. The number of rotatable bonds is 2. The van der Waals surface area contributed by atoms with Crippen LogP contribution in [0.2, 0.25) is 0 Å². The van der Waals surface area contributed by atoms with Crippen LogP contribution in [0.1, 0.15) is 6.92 Å². The Hall–Kier alpha value is -1.69. The van der Waals surface area contributed by atoms with Crippen molar-refractivity contribution in [3.8, 4) is 0 Å².